The van der Waals surface area contributed by atoms with Gasteiger partial charge in [-0.25, -0.2) is 4.79 Å². The van der Waals surface area contributed by atoms with E-state index in [1.54, 1.807) is 19.2 Å². The van der Waals surface area contributed by atoms with E-state index in [1.807, 2.05) is 58.0 Å². The van der Waals surface area contributed by atoms with Crippen LogP contribution in [0.2, 0.25) is 0 Å². The van der Waals surface area contributed by atoms with Crippen LogP contribution in [0.15, 0.2) is 54.6 Å². The van der Waals surface area contributed by atoms with Gasteiger partial charge in [0, 0.05) is 13.5 Å². The number of nitrogens with two attached hydrogens (primary N) is 1. The zero-order valence-electron chi connectivity index (χ0n) is 22.8. The molecule has 2 aromatic rings. The largest absolute Gasteiger partial charge is 0.478 e. The first kappa shape index (κ1) is 30.5. The molecule has 0 fully saturated rings. The van der Waals surface area contributed by atoms with Gasteiger partial charge in [-0.15, -0.1) is 0 Å². The predicted octanol–water partition coefficient (Wildman–Crippen LogP) is 3.30. The molecule has 0 saturated carbocycles. The molecule has 38 heavy (non-hydrogen) atoms. The Morgan fingerprint density at radius 3 is 2.05 bits per heavy atom. The molecule has 0 saturated heterocycles. The molecule has 3 amide bonds. The Labute approximate surface area is 224 Å². The number of carboxylic acids is 1. The monoisotopic (exact) mass is 524 g/mol. The second-order valence-electron chi connectivity index (χ2n) is 9.78. The molecular formula is C29H40N4O5. The summed E-state index contributed by atoms with van der Waals surface area (Å²) in [5, 5.41) is 15.0. The molecule has 2 rings (SSSR count). The first-order valence-electron chi connectivity index (χ1n) is 13.0. The van der Waals surface area contributed by atoms with Crippen molar-refractivity contribution < 1.29 is 24.3 Å². The number of carboxylic acid groups (broad SMARTS) is 1. The van der Waals surface area contributed by atoms with Crippen LogP contribution in [0.5, 0.6) is 0 Å². The predicted molar refractivity (Wildman–Crippen MR) is 148 cm³/mol. The Bertz CT molecular complexity index is 1110. The van der Waals surface area contributed by atoms with E-state index in [1.165, 1.54) is 17.0 Å². The zero-order chi connectivity index (χ0) is 28.4. The molecule has 0 aliphatic rings. The van der Waals surface area contributed by atoms with Gasteiger partial charge in [0.15, 0.2) is 0 Å². The summed E-state index contributed by atoms with van der Waals surface area (Å²) in [5.41, 5.74) is 7.15. The van der Waals surface area contributed by atoms with E-state index in [2.05, 4.69) is 10.6 Å². The standard InChI is InChI=1S/C29H40N4O5/c1-6-18(3)24(30)28(36)33(5)23(17-20-13-9-8-10-14-20)26(34)32-25(19(4)7-2)27(35)31-22-16-12-11-15-21(22)29(37)38/h8-16,18-19,23-25H,6-7,17,30H2,1-5H3,(H,31,35)(H,32,34)(H,37,38). The number of hydrogen-bond acceptors (Lipinski definition) is 5. The van der Waals surface area contributed by atoms with E-state index in [4.69, 9.17) is 5.73 Å². The third kappa shape index (κ3) is 7.89. The van der Waals surface area contributed by atoms with E-state index in [0.29, 0.717) is 12.8 Å². The van der Waals surface area contributed by atoms with Crippen LogP contribution in [0.25, 0.3) is 0 Å². The Morgan fingerprint density at radius 1 is 0.895 bits per heavy atom. The molecule has 2 aromatic carbocycles. The van der Waals surface area contributed by atoms with Gasteiger partial charge in [-0.1, -0.05) is 83.0 Å². The molecule has 0 aromatic heterocycles. The van der Waals surface area contributed by atoms with Gasteiger partial charge < -0.3 is 26.4 Å². The molecule has 0 aliphatic heterocycles. The first-order valence-corrected chi connectivity index (χ1v) is 13.0. The normalized spacial score (nSPS) is 14.9. The number of aromatic carboxylic acids is 1. The summed E-state index contributed by atoms with van der Waals surface area (Å²) in [7, 11) is 1.55. The minimum absolute atomic E-state index is 0.0543. The van der Waals surface area contributed by atoms with Crippen LogP contribution in [-0.2, 0) is 20.8 Å². The van der Waals surface area contributed by atoms with E-state index < -0.39 is 35.9 Å². The van der Waals surface area contributed by atoms with Crippen molar-refractivity contribution in [3.8, 4) is 0 Å². The minimum Gasteiger partial charge on any atom is -0.478 e. The summed E-state index contributed by atoms with van der Waals surface area (Å²) in [4.78, 5) is 53.2. The number of carbonyl (C=O) groups is 4. The van der Waals surface area contributed by atoms with Gasteiger partial charge in [0.25, 0.3) is 0 Å². The lowest BCUT2D eigenvalue weighted by Gasteiger charge is -2.33. The maximum absolute atomic E-state index is 13.7. The summed E-state index contributed by atoms with van der Waals surface area (Å²) in [6.45, 7) is 7.56. The maximum atomic E-state index is 13.7. The molecule has 0 heterocycles. The fourth-order valence-corrected chi connectivity index (χ4v) is 4.07. The number of likely N-dealkylation sites (N-methyl/N-ethyl adjacent to an activating group) is 1. The third-order valence-corrected chi connectivity index (χ3v) is 7.14. The molecule has 0 radical (unpaired) electrons. The topological polar surface area (TPSA) is 142 Å². The van der Waals surface area contributed by atoms with Crippen molar-refractivity contribution in [3.63, 3.8) is 0 Å². The number of nitrogens with zero attached hydrogens (tertiary/aromatic N) is 1. The number of para-hydroxylation sites is 1. The molecule has 5 atom stereocenters. The molecule has 9 heteroatoms. The van der Waals surface area contributed by atoms with E-state index >= 15 is 0 Å². The number of carbonyl (C=O) groups excluding carboxylic acids is 3. The number of nitrogens with one attached hydrogen (secondary N) is 2. The highest BCUT2D eigenvalue weighted by atomic mass is 16.4. The fourth-order valence-electron chi connectivity index (χ4n) is 4.07. The van der Waals surface area contributed by atoms with Crippen molar-refractivity contribution in [2.24, 2.45) is 17.6 Å². The highest BCUT2D eigenvalue weighted by molar-refractivity contribution is 6.03. The maximum Gasteiger partial charge on any atom is 0.337 e. The highest BCUT2D eigenvalue weighted by Gasteiger charge is 2.35. The Hall–Kier alpha value is -3.72. The van der Waals surface area contributed by atoms with Crippen LogP contribution in [0.1, 0.15) is 56.5 Å². The number of hydrogen-bond donors (Lipinski definition) is 4. The number of amides is 3. The van der Waals surface area contributed by atoms with Crippen molar-refractivity contribution in [1.29, 1.82) is 0 Å². The summed E-state index contributed by atoms with van der Waals surface area (Å²) >= 11 is 0. The molecule has 206 valence electrons. The lowest BCUT2D eigenvalue weighted by molar-refractivity contribution is -0.141. The van der Waals surface area contributed by atoms with Gasteiger partial charge in [0.2, 0.25) is 17.7 Å². The molecule has 5 N–H and O–H groups in total. The van der Waals surface area contributed by atoms with Crippen LogP contribution in [0.3, 0.4) is 0 Å². The van der Waals surface area contributed by atoms with Crippen molar-refractivity contribution in [2.45, 2.75) is 65.1 Å². The van der Waals surface area contributed by atoms with Crippen molar-refractivity contribution in [3.05, 3.63) is 65.7 Å². The van der Waals surface area contributed by atoms with Crippen LogP contribution >= 0.6 is 0 Å². The smallest absolute Gasteiger partial charge is 0.337 e. The molecular weight excluding hydrogens is 484 g/mol. The van der Waals surface area contributed by atoms with Crippen molar-refractivity contribution in [2.75, 3.05) is 12.4 Å². The summed E-state index contributed by atoms with van der Waals surface area (Å²) in [6, 6.07) is 12.8. The molecule has 9 nitrogen and oxygen atoms in total. The molecule has 0 aliphatic carbocycles. The molecule has 0 spiro atoms. The van der Waals surface area contributed by atoms with Crippen LogP contribution in [-0.4, -0.2) is 58.9 Å². The first-order chi connectivity index (χ1) is 18.0. The van der Waals surface area contributed by atoms with E-state index in [0.717, 1.165) is 5.56 Å². The van der Waals surface area contributed by atoms with Gasteiger partial charge >= 0.3 is 5.97 Å². The van der Waals surface area contributed by atoms with Crippen molar-refractivity contribution >= 4 is 29.4 Å². The minimum atomic E-state index is -1.18. The van der Waals surface area contributed by atoms with Crippen molar-refractivity contribution in [1.82, 2.24) is 10.2 Å². The Morgan fingerprint density at radius 2 is 1.47 bits per heavy atom. The van der Waals surface area contributed by atoms with Gasteiger partial charge in [0.1, 0.15) is 12.1 Å². The van der Waals surface area contributed by atoms with E-state index in [9.17, 15) is 24.3 Å². The van der Waals surface area contributed by atoms with Gasteiger partial charge in [-0.3, -0.25) is 14.4 Å². The van der Waals surface area contributed by atoms with Gasteiger partial charge in [0.05, 0.1) is 17.3 Å². The third-order valence-electron chi connectivity index (χ3n) is 7.14. The zero-order valence-corrected chi connectivity index (χ0v) is 22.8. The summed E-state index contributed by atoms with van der Waals surface area (Å²) < 4.78 is 0. The van der Waals surface area contributed by atoms with E-state index in [-0.39, 0.29) is 35.4 Å². The van der Waals surface area contributed by atoms with Crippen LogP contribution < -0.4 is 16.4 Å². The molecule has 0 bridgehead atoms. The SMILES string of the molecule is CCC(C)C(N)C(=O)N(C)C(Cc1ccccc1)C(=O)NC(C(=O)Nc1ccccc1C(=O)O)C(C)CC. The Kier molecular flexibility index (Phi) is 11.5. The van der Waals surface area contributed by atoms with Crippen LogP contribution in [0, 0.1) is 11.8 Å². The molecule has 5 unspecified atom stereocenters. The fraction of sp³-hybridized carbons (Fsp3) is 0.448. The lowest BCUT2D eigenvalue weighted by atomic mass is 9.95. The second-order valence-corrected chi connectivity index (χ2v) is 9.78. The lowest BCUT2D eigenvalue weighted by Crippen LogP contribution is -2.58. The number of benzene rings is 2. The number of anilines is 1. The summed E-state index contributed by atoms with van der Waals surface area (Å²) in [5.74, 6) is -2.89. The quantitative estimate of drug-likeness (QED) is 0.317. The summed E-state index contributed by atoms with van der Waals surface area (Å²) in [6.07, 6.45) is 1.53. The number of rotatable bonds is 13. The second kappa shape index (κ2) is 14.3. The average Bonchev–Trinajstić information content (AvgIpc) is 2.92. The van der Waals surface area contributed by atoms with Gasteiger partial charge in [-0.05, 0) is 29.5 Å². The Balaban J connectivity index is 2.35. The van der Waals surface area contributed by atoms with Gasteiger partial charge in [-0.2, -0.15) is 0 Å². The van der Waals surface area contributed by atoms with Crippen LogP contribution in [0.4, 0.5) is 5.69 Å². The average molecular weight is 525 g/mol. The highest BCUT2D eigenvalue weighted by Crippen LogP contribution is 2.19.